The monoisotopic (exact) mass is 394 g/mol. The van der Waals surface area contributed by atoms with Gasteiger partial charge in [-0.15, -0.1) is 0 Å². The molecule has 6 nitrogen and oxygen atoms in total. The molecule has 2 N–H and O–H groups in total. The minimum absolute atomic E-state index is 0.149. The zero-order valence-electron chi connectivity index (χ0n) is 13.5. The molecule has 2 rings (SSSR count). The number of carboxylic acids is 1. The van der Waals surface area contributed by atoms with E-state index in [2.05, 4.69) is 21.2 Å². The highest BCUT2D eigenvalue weighted by molar-refractivity contribution is 9.10. The molecule has 0 bridgehead atoms. The first kappa shape index (κ1) is 18.1. The number of hydrogen-bond donors (Lipinski definition) is 2. The number of nitrogens with zero attached hydrogens (tertiary/aromatic N) is 1. The van der Waals surface area contributed by atoms with Crippen LogP contribution in [0.25, 0.3) is 0 Å². The predicted molar refractivity (Wildman–Crippen MR) is 93.8 cm³/mol. The summed E-state index contributed by atoms with van der Waals surface area (Å²) >= 11 is 3.37. The van der Waals surface area contributed by atoms with Crippen LogP contribution in [0.5, 0.6) is 5.75 Å². The molecule has 2 aromatic rings. The molecule has 1 aromatic carbocycles. The molecule has 0 unspecified atom stereocenters. The van der Waals surface area contributed by atoms with E-state index in [1.807, 2.05) is 17.7 Å². The van der Waals surface area contributed by atoms with Crippen LogP contribution in [0.1, 0.15) is 33.3 Å². The molecule has 0 radical (unpaired) electrons. The first-order valence-corrected chi connectivity index (χ1v) is 8.29. The Hall–Kier alpha value is -2.28. The molecular formula is C17H19BrN2O4. The summed E-state index contributed by atoms with van der Waals surface area (Å²) in [7, 11) is 1.49. The number of amides is 1. The third-order valence-corrected chi connectivity index (χ3v) is 4.08. The molecule has 1 amide bonds. The van der Waals surface area contributed by atoms with Crippen LogP contribution in [0.2, 0.25) is 0 Å². The van der Waals surface area contributed by atoms with Gasteiger partial charge in [-0.2, -0.15) is 0 Å². The van der Waals surface area contributed by atoms with E-state index in [0.29, 0.717) is 31.0 Å². The highest BCUT2D eigenvalue weighted by Gasteiger charge is 2.13. The van der Waals surface area contributed by atoms with Crippen molar-refractivity contribution in [3.05, 3.63) is 51.8 Å². The van der Waals surface area contributed by atoms with Crippen LogP contribution in [0, 0.1) is 0 Å². The summed E-state index contributed by atoms with van der Waals surface area (Å²) in [5, 5.41) is 11.9. The standard InChI is InChI=1S/C17H19BrN2O4/c1-3-20-10-13(18)9-14(20)16(21)19-7-6-11-4-5-12(17(22)23)8-15(11)24-2/h4-5,8-10H,3,6-7H2,1-2H3,(H,19,21)(H,22,23). The van der Waals surface area contributed by atoms with Crippen molar-refractivity contribution in [1.29, 1.82) is 0 Å². The summed E-state index contributed by atoms with van der Waals surface area (Å²) in [6, 6.07) is 6.50. The Morgan fingerprint density at radius 3 is 2.71 bits per heavy atom. The van der Waals surface area contributed by atoms with Gasteiger partial charge < -0.3 is 19.7 Å². The second kappa shape index (κ2) is 8.01. The van der Waals surface area contributed by atoms with E-state index in [0.717, 1.165) is 10.0 Å². The number of ether oxygens (including phenoxy) is 1. The van der Waals surface area contributed by atoms with E-state index in [1.54, 1.807) is 12.1 Å². The van der Waals surface area contributed by atoms with E-state index in [1.165, 1.54) is 19.2 Å². The molecule has 0 saturated carbocycles. The molecule has 0 aliphatic rings. The molecule has 7 heteroatoms. The summed E-state index contributed by atoms with van der Waals surface area (Å²) in [4.78, 5) is 23.2. The lowest BCUT2D eigenvalue weighted by atomic mass is 10.1. The normalized spacial score (nSPS) is 10.5. The van der Waals surface area contributed by atoms with Crippen molar-refractivity contribution in [2.24, 2.45) is 0 Å². The third kappa shape index (κ3) is 4.17. The van der Waals surface area contributed by atoms with Gasteiger partial charge in [-0.25, -0.2) is 4.79 Å². The molecule has 0 fully saturated rings. The largest absolute Gasteiger partial charge is 0.496 e. The zero-order valence-corrected chi connectivity index (χ0v) is 15.1. The number of carbonyl (C=O) groups excluding carboxylic acids is 1. The number of carboxylic acid groups (broad SMARTS) is 1. The lowest BCUT2D eigenvalue weighted by Crippen LogP contribution is -2.27. The number of halogens is 1. The van der Waals surface area contributed by atoms with Gasteiger partial charge in [0.25, 0.3) is 5.91 Å². The maximum Gasteiger partial charge on any atom is 0.335 e. The predicted octanol–water partition coefficient (Wildman–Crippen LogP) is 2.95. The highest BCUT2D eigenvalue weighted by Crippen LogP contribution is 2.21. The SMILES string of the molecule is CCn1cc(Br)cc1C(=O)NCCc1ccc(C(=O)O)cc1OC. The van der Waals surface area contributed by atoms with Crippen molar-refractivity contribution in [2.45, 2.75) is 19.9 Å². The van der Waals surface area contributed by atoms with E-state index < -0.39 is 5.97 Å². The van der Waals surface area contributed by atoms with Gasteiger partial charge in [0.2, 0.25) is 0 Å². The van der Waals surface area contributed by atoms with Crippen molar-refractivity contribution in [3.63, 3.8) is 0 Å². The van der Waals surface area contributed by atoms with Crippen LogP contribution in [0.15, 0.2) is 34.9 Å². The fraction of sp³-hybridized carbons (Fsp3) is 0.294. The van der Waals surface area contributed by atoms with Crippen LogP contribution in [-0.2, 0) is 13.0 Å². The molecule has 128 valence electrons. The molecular weight excluding hydrogens is 376 g/mol. The number of hydrogen-bond acceptors (Lipinski definition) is 3. The lowest BCUT2D eigenvalue weighted by molar-refractivity contribution is 0.0696. The van der Waals surface area contributed by atoms with Gasteiger partial charge in [-0.1, -0.05) is 6.07 Å². The number of rotatable bonds is 7. The Bertz CT molecular complexity index is 755. The first-order chi connectivity index (χ1) is 11.5. The van der Waals surface area contributed by atoms with Gasteiger partial charge in [0.15, 0.2) is 0 Å². The average Bonchev–Trinajstić information content (AvgIpc) is 2.95. The number of nitrogens with one attached hydrogen (secondary N) is 1. The van der Waals surface area contributed by atoms with Crippen LogP contribution in [0.4, 0.5) is 0 Å². The van der Waals surface area contributed by atoms with Crippen molar-refractivity contribution < 1.29 is 19.4 Å². The Morgan fingerprint density at radius 2 is 2.08 bits per heavy atom. The molecule has 0 atom stereocenters. The van der Waals surface area contributed by atoms with Crippen molar-refractivity contribution >= 4 is 27.8 Å². The number of aromatic carboxylic acids is 1. The Labute approximate surface area is 148 Å². The van der Waals surface area contributed by atoms with Crippen LogP contribution < -0.4 is 10.1 Å². The number of carbonyl (C=O) groups is 2. The molecule has 0 saturated heterocycles. The Morgan fingerprint density at radius 1 is 1.33 bits per heavy atom. The molecule has 0 aliphatic heterocycles. The summed E-state index contributed by atoms with van der Waals surface area (Å²) in [5.41, 5.74) is 1.61. The van der Waals surface area contributed by atoms with Gasteiger partial charge in [-0.05, 0) is 53.0 Å². The number of aromatic nitrogens is 1. The fourth-order valence-corrected chi connectivity index (χ4v) is 2.88. The number of methoxy groups -OCH3 is 1. The molecule has 0 aliphatic carbocycles. The van der Waals surface area contributed by atoms with Gasteiger partial charge in [0, 0.05) is 23.8 Å². The smallest absolute Gasteiger partial charge is 0.335 e. The Kier molecular flexibility index (Phi) is 6.03. The van der Waals surface area contributed by atoms with Crippen LogP contribution >= 0.6 is 15.9 Å². The van der Waals surface area contributed by atoms with Gasteiger partial charge in [0.1, 0.15) is 11.4 Å². The van der Waals surface area contributed by atoms with E-state index in [9.17, 15) is 9.59 Å². The second-order valence-electron chi connectivity index (χ2n) is 5.17. The van der Waals surface area contributed by atoms with Crippen LogP contribution in [0.3, 0.4) is 0 Å². The zero-order chi connectivity index (χ0) is 17.7. The minimum atomic E-state index is -1.00. The Balaban J connectivity index is 2.01. The molecule has 0 spiro atoms. The van der Waals surface area contributed by atoms with Gasteiger partial charge >= 0.3 is 5.97 Å². The second-order valence-corrected chi connectivity index (χ2v) is 6.08. The highest BCUT2D eigenvalue weighted by atomic mass is 79.9. The molecule has 1 aromatic heterocycles. The summed E-state index contributed by atoms with van der Waals surface area (Å²) in [6.07, 6.45) is 2.41. The lowest BCUT2D eigenvalue weighted by Gasteiger charge is -2.11. The average molecular weight is 395 g/mol. The summed E-state index contributed by atoms with van der Waals surface area (Å²) < 4.78 is 7.96. The number of aryl methyl sites for hydroxylation is 1. The van der Waals surface area contributed by atoms with Crippen LogP contribution in [-0.4, -0.2) is 35.2 Å². The maximum atomic E-state index is 12.3. The molecule has 24 heavy (non-hydrogen) atoms. The maximum absolute atomic E-state index is 12.3. The molecule has 1 heterocycles. The van der Waals surface area contributed by atoms with Gasteiger partial charge in [-0.3, -0.25) is 4.79 Å². The summed E-state index contributed by atoms with van der Waals surface area (Å²) in [5.74, 6) is -0.647. The van der Waals surface area contributed by atoms with E-state index in [4.69, 9.17) is 9.84 Å². The van der Waals surface area contributed by atoms with Crippen molar-refractivity contribution in [1.82, 2.24) is 9.88 Å². The first-order valence-electron chi connectivity index (χ1n) is 7.50. The van der Waals surface area contributed by atoms with E-state index >= 15 is 0 Å². The summed E-state index contributed by atoms with van der Waals surface area (Å²) in [6.45, 7) is 3.10. The quantitative estimate of drug-likeness (QED) is 0.756. The van der Waals surface area contributed by atoms with Crippen molar-refractivity contribution in [3.8, 4) is 5.75 Å². The topological polar surface area (TPSA) is 80.6 Å². The fourth-order valence-electron chi connectivity index (χ4n) is 2.41. The minimum Gasteiger partial charge on any atom is -0.496 e. The van der Waals surface area contributed by atoms with Crippen molar-refractivity contribution in [2.75, 3.05) is 13.7 Å². The number of benzene rings is 1. The third-order valence-electron chi connectivity index (χ3n) is 3.65. The van der Waals surface area contributed by atoms with E-state index in [-0.39, 0.29) is 11.5 Å². The van der Waals surface area contributed by atoms with Gasteiger partial charge in [0.05, 0.1) is 12.7 Å².